The van der Waals surface area contributed by atoms with Crippen LogP contribution in [0.5, 0.6) is 0 Å². The molecule has 3 fully saturated rings. The lowest BCUT2D eigenvalue weighted by atomic mass is 9.83. The van der Waals surface area contributed by atoms with Crippen molar-refractivity contribution >= 4 is 5.97 Å². The summed E-state index contributed by atoms with van der Waals surface area (Å²) in [6.45, 7) is 4.44. The lowest BCUT2D eigenvalue weighted by Crippen LogP contribution is -2.55. The zero-order valence-corrected chi connectivity index (χ0v) is 12.5. The minimum atomic E-state index is -0.576. The highest BCUT2D eigenvalue weighted by atomic mass is 16.4. The van der Waals surface area contributed by atoms with Crippen LogP contribution in [0.15, 0.2) is 0 Å². The van der Waals surface area contributed by atoms with Gasteiger partial charge in [-0.15, -0.1) is 0 Å². The first-order valence-corrected chi connectivity index (χ1v) is 8.46. The Morgan fingerprint density at radius 1 is 0.800 bits per heavy atom. The monoisotopic (exact) mass is 280 g/mol. The van der Waals surface area contributed by atoms with Gasteiger partial charge < -0.3 is 5.11 Å². The standard InChI is InChI=1S/C16H28N2O2/c19-16(20)14-7-3-4-8-15(14)18-11-9-17(10-12-18)13-5-1-2-6-13/h13-15H,1-12H2,(H,19,20). The molecule has 1 heterocycles. The maximum Gasteiger partial charge on any atom is 0.308 e. The van der Waals surface area contributed by atoms with Crippen molar-refractivity contribution < 1.29 is 9.90 Å². The van der Waals surface area contributed by atoms with Crippen LogP contribution >= 0.6 is 0 Å². The fraction of sp³-hybridized carbons (Fsp3) is 0.938. The first-order valence-electron chi connectivity index (χ1n) is 8.46. The van der Waals surface area contributed by atoms with Crippen molar-refractivity contribution in [3.63, 3.8) is 0 Å². The van der Waals surface area contributed by atoms with Gasteiger partial charge in [0.25, 0.3) is 0 Å². The van der Waals surface area contributed by atoms with E-state index in [1.807, 2.05) is 0 Å². The second-order valence-corrected chi connectivity index (χ2v) is 6.81. The highest BCUT2D eigenvalue weighted by Crippen LogP contribution is 2.30. The summed E-state index contributed by atoms with van der Waals surface area (Å²) in [6.07, 6.45) is 9.81. The summed E-state index contributed by atoms with van der Waals surface area (Å²) in [4.78, 5) is 16.6. The lowest BCUT2D eigenvalue weighted by Gasteiger charge is -2.44. The van der Waals surface area contributed by atoms with Crippen LogP contribution in [0.3, 0.4) is 0 Å². The minimum Gasteiger partial charge on any atom is -0.481 e. The molecule has 0 aromatic rings. The molecule has 0 amide bonds. The summed E-state index contributed by atoms with van der Waals surface area (Å²) in [5, 5.41) is 9.43. The average Bonchev–Trinajstić information content (AvgIpc) is 3.02. The molecular formula is C16H28N2O2. The summed E-state index contributed by atoms with van der Waals surface area (Å²) in [7, 11) is 0. The van der Waals surface area contributed by atoms with E-state index in [4.69, 9.17) is 0 Å². The molecule has 20 heavy (non-hydrogen) atoms. The molecule has 2 aliphatic carbocycles. The molecule has 1 aliphatic heterocycles. The van der Waals surface area contributed by atoms with Crippen LogP contribution in [0.1, 0.15) is 51.4 Å². The largest absolute Gasteiger partial charge is 0.481 e. The van der Waals surface area contributed by atoms with Crippen molar-refractivity contribution in [1.29, 1.82) is 0 Å². The maximum atomic E-state index is 11.4. The van der Waals surface area contributed by atoms with Gasteiger partial charge in [-0.2, -0.15) is 0 Å². The van der Waals surface area contributed by atoms with E-state index in [9.17, 15) is 9.90 Å². The third-order valence-corrected chi connectivity index (χ3v) is 5.71. The highest BCUT2D eigenvalue weighted by Gasteiger charge is 2.36. The molecule has 114 valence electrons. The first-order chi connectivity index (χ1) is 9.75. The van der Waals surface area contributed by atoms with Crippen molar-refractivity contribution in [1.82, 2.24) is 9.80 Å². The van der Waals surface area contributed by atoms with Crippen molar-refractivity contribution in [3.05, 3.63) is 0 Å². The minimum absolute atomic E-state index is 0.123. The quantitative estimate of drug-likeness (QED) is 0.860. The van der Waals surface area contributed by atoms with E-state index >= 15 is 0 Å². The molecule has 4 heteroatoms. The van der Waals surface area contributed by atoms with Crippen molar-refractivity contribution in [2.45, 2.75) is 63.5 Å². The Morgan fingerprint density at radius 3 is 2.00 bits per heavy atom. The summed E-state index contributed by atoms with van der Waals surface area (Å²) in [5.41, 5.74) is 0. The van der Waals surface area contributed by atoms with Gasteiger partial charge >= 0.3 is 5.97 Å². The van der Waals surface area contributed by atoms with Gasteiger partial charge in [0.15, 0.2) is 0 Å². The van der Waals surface area contributed by atoms with Gasteiger partial charge in [-0.25, -0.2) is 0 Å². The van der Waals surface area contributed by atoms with E-state index in [0.717, 1.165) is 51.5 Å². The Labute approximate surface area is 122 Å². The smallest absolute Gasteiger partial charge is 0.308 e. The number of piperazine rings is 1. The Morgan fingerprint density at radius 2 is 1.35 bits per heavy atom. The van der Waals surface area contributed by atoms with Crippen LogP contribution < -0.4 is 0 Å². The lowest BCUT2D eigenvalue weighted by molar-refractivity contribution is -0.146. The number of hydrogen-bond donors (Lipinski definition) is 1. The molecule has 0 aromatic carbocycles. The number of rotatable bonds is 3. The van der Waals surface area contributed by atoms with Gasteiger partial charge in [-0.1, -0.05) is 25.7 Å². The topological polar surface area (TPSA) is 43.8 Å². The number of nitrogens with zero attached hydrogens (tertiary/aromatic N) is 2. The fourth-order valence-corrected chi connectivity index (χ4v) is 4.54. The molecule has 1 N–H and O–H groups in total. The first kappa shape index (κ1) is 14.3. The van der Waals surface area contributed by atoms with Crippen molar-refractivity contribution in [2.24, 2.45) is 5.92 Å². The zero-order valence-electron chi connectivity index (χ0n) is 12.5. The predicted molar refractivity (Wildman–Crippen MR) is 78.8 cm³/mol. The van der Waals surface area contributed by atoms with Gasteiger partial charge in [0.2, 0.25) is 0 Å². The van der Waals surface area contributed by atoms with E-state index in [1.165, 1.54) is 32.1 Å². The molecule has 2 atom stereocenters. The predicted octanol–water partition coefficient (Wildman–Crippen LogP) is 2.19. The Balaban J connectivity index is 1.55. The number of aliphatic carboxylic acids is 1. The molecular weight excluding hydrogens is 252 g/mol. The van der Waals surface area contributed by atoms with Crippen molar-refractivity contribution in [3.8, 4) is 0 Å². The average molecular weight is 280 g/mol. The summed E-state index contributed by atoms with van der Waals surface area (Å²) in [5.74, 6) is -0.699. The van der Waals surface area contributed by atoms with Gasteiger partial charge in [0.1, 0.15) is 0 Å². The second kappa shape index (κ2) is 6.44. The van der Waals surface area contributed by atoms with Crippen LogP contribution in [-0.4, -0.2) is 59.1 Å². The highest BCUT2D eigenvalue weighted by molar-refractivity contribution is 5.71. The normalized spacial score (nSPS) is 34.4. The van der Waals surface area contributed by atoms with E-state index in [2.05, 4.69) is 9.80 Å². The Kier molecular flexibility index (Phi) is 4.61. The molecule has 3 aliphatic rings. The van der Waals surface area contributed by atoms with Gasteiger partial charge in [-0.3, -0.25) is 14.6 Å². The number of carbonyl (C=O) groups is 1. The van der Waals surface area contributed by atoms with Gasteiger partial charge in [0, 0.05) is 38.3 Å². The summed E-state index contributed by atoms with van der Waals surface area (Å²) >= 11 is 0. The molecule has 1 saturated heterocycles. The molecule has 0 spiro atoms. The molecule has 2 unspecified atom stereocenters. The SMILES string of the molecule is O=C(O)C1CCCCC1N1CCN(C2CCCC2)CC1. The third-order valence-electron chi connectivity index (χ3n) is 5.71. The van der Waals surface area contributed by atoms with Crippen LogP contribution in [0.25, 0.3) is 0 Å². The van der Waals surface area contributed by atoms with Crippen molar-refractivity contribution in [2.75, 3.05) is 26.2 Å². The number of carboxylic acid groups (broad SMARTS) is 1. The van der Waals surface area contributed by atoms with Crippen LogP contribution in [0, 0.1) is 5.92 Å². The van der Waals surface area contributed by atoms with Crippen LogP contribution in [-0.2, 0) is 4.79 Å². The Bertz CT molecular complexity index is 333. The molecule has 4 nitrogen and oxygen atoms in total. The van der Waals surface area contributed by atoms with E-state index < -0.39 is 5.97 Å². The van der Waals surface area contributed by atoms with Crippen LogP contribution in [0.4, 0.5) is 0 Å². The number of carboxylic acids is 1. The summed E-state index contributed by atoms with van der Waals surface area (Å²) in [6, 6.07) is 1.12. The fourth-order valence-electron chi connectivity index (χ4n) is 4.54. The Hall–Kier alpha value is -0.610. The number of hydrogen-bond acceptors (Lipinski definition) is 3. The molecule has 0 bridgehead atoms. The second-order valence-electron chi connectivity index (χ2n) is 6.81. The molecule has 3 rings (SSSR count). The third kappa shape index (κ3) is 3.01. The molecule has 2 saturated carbocycles. The maximum absolute atomic E-state index is 11.4. The van der Waals surface area contributed by atoms with E-state index in [1.54, 1.807) is 0 Å². The van der Waals surface area contributed by atoms with E-state index in [-0.39, 0.29) is 5.92 Å². The molecule has 0 radical (unpaired) electrons. The van der Waals surface area contributed by atoms with E-state index in [0.29, 0.717) is 6.04 Å². The zero-order chi connectivity index (χ0) is 13.9. The van der Waals surface area contributed by atoms with Gasteiger partial charge in [0.05, 0.1) is 5.92 Å². The summed E-state index contributed by atoms with van der Waals surface area (Å²) < 4.78 is 0. The molecule has 0 aromatic heterocycles. The van der Waals surface area contributed by atoms with Gasteiger partial charge in [-0.05, 0) is 25.7 Å². The van der Waals surface area contributed by atoms with Crippen LogP contribution in [0.2, 0.25) is 0 Å².